The Hall–Kier alpha value is -3.08. The molecule has 1 aromatic heterocycles. The summed E-state index contributed by atoms with van der Waals surface area (Å²) in [6.45, 7) is 4.00. The lowest BCUT2D eigenvalue weighted by Crippen LogP contribution is -2.02. The lowest BCUT2D eigenvalue weighted by atomic mass is 10.0. The van der Waals surface area contributed by atoms with Crippen molar-refractivity contribution in [2.24, 2.45) is 0 Å². The molecule has 0 aliphatic rings. The molecule has 24 heavy (non-hydrogen) atoms. The average molecular weight is 322 g/mol. The number of carbonyl (C=O) groups is 1. The first-order chi connectivity index (χ1) is 11.5. The number of nitrogens with zero attached hydrogens (tertiary/aromatic N) is 2. The van der Waals surface area contributed by atoms with E-state index in [0.29, 0.717) is 11.3 Å². The van der Waals surface area contributed by atoms with Crippen molar-refractivity contribution in [3.05, 3.63) is 71.0 Å². The normalized spacial score (nSPS) is 10.6. The predicted molar refractivity (Wildman–Crippen MR) is 91.1 cm³/mol. The second kappa shape index (κ2) is 6.20. The zero-order valence-electron chi connectivity index (χ0n) is 13.8. The largest absolute Gasteiger partial charge is 0.507 e. The zero-order chi connectivity index (χ0) is 17.3. The van der Waals surface area contributed by atoms with Crippen LogP contribution < -0.4 is 4.74 Å². The van der Waals surface area contributed by atoms with Crippen LogP contribution in [0.5, 0.6) is 11.5 Å². The summed E-state index contributed by atoms with van der Waals surface area (Å²) < 4.78 is 6.79. The Balaban J connectivity index is 1.99. The first-order valence-corrected chi connectivity index (χ1v) is 7.53. The third-order valence-corrected chi connectivity index (χ3v) is 3.90. The number of ketones is 1. The summed E-state index contributed by atoms with van der Waals surface area (Å²) in [7, 11) is 1.51. The van der Waals surface area contributed by atoms with Crippen molar-refractivity contribution in [3.63, 3.8) is 0 Å². The van der Waals surface area contributed by atoms with Gasteiger partial charge in [0.05, 0.1) is 30.1 Å². The molecule has 0 atom stereocenters. The average Bonchev–Trinajstić information content (AvgIpc) is 3.06. The number of rotatable bonds is 4. The minimum absolute atomic E-state index is 0.0831. The Morgan fingerprint density at radius 2 is 1.96 bits per heavy atom. The summed E-state index contributed by atoms with van der Waals surface area (Å²) in [6.07, 6.45) is 3.17. The smallest absolute Gasteiger partial charge is 0.200 e. The molecule has 0 saturated heterocycles. The van der Waals surface area contributed by atoms with Crippen LogP contribution in [0.25, 0.3) is 5.69 Å². The van der Waals surface area contributed by atoms with Gasteiger partial charge in [-0.3, -0.25) is 4.79 Å². The number of aromatic nitrogens is 2. The van der Waals surface area contributed by atoms with E-state index < -0.39 is 0 Å². The van der Waals surface area contributed by atoms with Crippen molar-refractivity contribution in [2.75, 3.05) is 7.11 Å². The van der Waals surface area contributed by atoms with E-state index in [0.717, 1.165) is 16.8 Å². The molecule has 2 aromatic carbocycles. The van der Waals surface area contributed by atoms with E-state index in [9.17, 15) is 9.90 Å². The Labute approximate surface area is 140 Å². The van der Waals surface area contributed by atoms with Gasteiger partial charge in [-0.15, -0.1) is 0 Å². The molecule has 0 saturated carbocycles. The highest BCUT2D eigenvalue weighted by Crippen LogP contribution is 2.26. The lowest BCUT2D eigenvalue weighted by Gasteiger charge is -2.07. The molecular weight excluding hydrogens is 304 g/mol. The Bertz CT molecular complexity index is 913. The van der Waals surface area contributed by atoms with Crippen molar-refractivity contribution >= 4 is 5.78 Å². The molecule has 0 bridgehead atoms. The van der Waals surface area contributed by atoms with E-state index in [2.05, 4.69) is 5.10 Å². The van der Waals surface area contributed by atoms with Crippen LogP contribution in [0.15, 0.2) is 48.8 Å². The number of hydrogen-bond acceptors (Lipinski definition) is 4. The molecule has 0 aliphatic carbocycles. The summed E-state index contributed by atoms with van der Waals surface area (Å²) in [5.74, 6) is 0.126. The van der Waals surface area contributed by atoms with Crippen LogP contribution in [0.4, 0.5) is 0 Å². The molecule has 0 unspecified atom stereocenters. The number of ether oxygens (including phenoxy) is 1. The number of aryl methyl sites for hydroxylation is 2. The van der Waals surface area contributed by atoms with Crippen molar-refractivity contribution in [1.82, 2.24) is 9.78 Å². The first kappa shape index (κ1) is 15.8. The van der Waals surface area contributed by atoms with E-state index in [1.54, 1.807) is 16.9 Å². The van der Waals surface area contributed by atoms with Crippen LogP contribution in [0.3, 0.4) is 0 Å². The van der Waals surface area contributed by atoms with E-state index in [1.807, 2.05) is 32.0 Å². The van der Waals surface area contributed by atoms with Crippen molar-refractivity contribution in [2.45, 2.75) is 13.8 Å². The summed E-state index contributed by atoms with van der Waals surface area (Å²) in [5, 5.41) is 14.3. The SMILES string of the molecule is COc1ccc(O)c(C(=O)c2cnn(-c3cc(C)ccc3C)c2)c1. The number of phenols is 1. The fourth-order valence-electron chi connectivity index (χ4n) is 2.52. The monoisotopic (exact) mass is 322 g/mol. The van der Waals surface area contributed by atoms with Gasteiger partial charge in [-0.2, -0.15) is 5.10 Å². The zero-order valence-corrected chi connectivity index (χ0v) is 13.8. The first-order valence-electron chi connectivity index (χ1n) is 7.53. The molecule has 5 nitrogen and oxygen atoms in total. The van der Waals surface area contributed by atoms with Crippen LogP contribution in [0.1, 0.15) is 27.0 Å². The second-order valence-electron chi connectivity index (χ2n) is 5.68. The number of hydrogen-bond donors (Lipinski definition) is 1. The van der Waals surface area contributed by atoms with Gasteiger partial charge in [-0.05, 0) is 49.2 Å². The van der Waals surface area contributed by atoms with Gasteiger partial charge in [0, 0.05) is 6.20 Å². The minimum atomic E-state index is -0.303. The third kappa shape index (κ3) is 2.88. The predicted octanol–water partition coefficient (Wildman–Crippen LogP) is 3.43. The van der Waals surface area contributed by atoms with Crippen LogP contribution in [-0.4, -0.2) is 27.8 Å². The van der Waals surface area contributed by atoms with E-state index in [-0.39, 0.29) is 17.1 Å². The van der Waals surface area contributed by atoms with E-state index >= 15 is 0 Å². The van der Waals surface area contributed by atoms with Gasteiger partial charge >= 0.3 is 0 Å². The minimum Gasteiger partial charge on any atom is -0.507 e. The van der Waals surface area contributed by atoms with Crippen LogP contribution in [-0.2, 0) is 0 Å². The Kier molecular flexibility index (Phi) is 4.08. The van der Waals surface area contributed by atoms with Crippen molar-refractivity contribution in [1.29, 1.82) is 0 Å². The van der Waals surface area contributed by atoms with Gasteiger partial charge in [0.25, 0.3) is 0 Å². The summed E-state index contributed by atoms with van der Waals surface area (Å²) >= 11 is 0. The molecule has 3 rings (SSSR count). The molecule has 3 aromatic rings. The molecule has 0 fully saturated rings. The van der Waals surface area contributed by atoms with Gasteiger partial charge in [-0.1, -0.05) is 12.1 Å². The van der Waals surface area contributed by atoms with Gasteiger partial charge < -0.3 is 9.84 Å². The summed E-state index contributed by atoms with van der Waals surface area (Å²) in [4.78, 5) is 12.7. The maximum absolute atomic E-state index is 12.7. The topological polar surface area (TPSA) is 64.3 Å². The Morgan fingerprint density at radius 1 is 1.17 bits per heavy atom. The van der Waals surface area contributed by atoms with Gasteiger partial charge in [0.15, 0.2) is 5.78 Å². The number of phenolic OH excluding ortho intramolecular Hbond substituents is 1. The number of methoxy groups -OCH3 is 1. The van der Waals surface area contributed by atoms with E-state index in [4.69, 9.17) is 4.74 Å². The standard InChI is InChI=1S/C19H18N2O3/c1-12-4-5-13(2)17(8-12)21-11-14(10-20-21)19(23)16-9-15(24-3)6-7-18(16)22/h4-11,22H,1-3H3. The summed E-state index contributed by atoms with van der Waals surface area (Å²) in [6, 6.07) is 10.6. The number of aromatic hydroxyl groups is 1. The number of carbonyl (C=O) groups excluding carboxylic acids is 1. The second-order valence-corrected chi connectivity index (χ2v) is 5.68. The fraction of sp³-hybridized carbons (Fsp3) is 0.158. The van der Waals surface area contributed by atoms with Gasteiger partial charge in [0.1, 0.15) is 11.5 Å². The maximum atomic E-state index is 12.7. The van der Waals surface area contributed by atoms with Gasteiger partial charge in [0.2, 0.25) is 0 Å². The molecule has 0 aliphatic heterocycles. The molecule has 0 radical (unpaired) electrons. The lowest BCUT2D eigenvalue weighted by molar-refractivity contribution is 0.103. The molecule has 5 heteroatoms. The van der Waals surface area contributed by atoms with Crippen molar-refractivity contribution < 1.29 is 14.6 Å². The molecule has 0 spiro atoms. The molecular formula is C19H18N2O3. The quantitative estimate of drug-likeness (QED) is 0.747. The molecule has 0 amide bonds. The third-order valence-electron chi connectivity index (χ3n) is 3.90. The van der Waals surface area contributed by atoms with Gasteiger partial charge in [-0.25, -0.2) is 4.68 Å². The van der Waals surface area contributed by atoms with Crippen LogP contribution in [0.2, 0.25) is 0 Å². The molecule has 1 N–H and O–H groups in total. The highest BCUT2D eigenvalue weighted by Gasteiger charge is 2.17. The number of benzene rings is 2. The van der Waals surface area contributed by atoms with Crippen molar-refractivity contribution in [3.8, 4) is 17.2 Å². The highest BCUT2D eigenvalue weighted by atomic mass is 16.5. The van der Waals surface area contributed by atoms with Crippen LogP contribution >= 0.6 is 0 Å². The summed E-state index contributed by atoms with van der Waals surface area (Å²) in [5.41, 5.74) is 3.69. The highest BCUT2D eigenvalue weighted by molar-refractivity contribution is 6.10. The molecule has 1 heterocycles. The maximum Gasteiger partial charge on any atom is 0.200 e. The fourth-order valence-corrected chi connectivity index (χ4v) is 2.52. The Morgan fingerprint density at radius 3 is 2.71 bits per heavy atom. The molecule has 122 valence electrons. The van der Waals surface area contributed by atoms with Crippen LogP contribution in [0, 0.1) is 13.8 Å². The van der Waals surface area contributed by atoms with E-state index in [1.165, 1.54) is 25.4 Å².